The smallest absolute Gasteiger partial charge is 0.220 e. The van der Waals surface area contributed by atoms with E-state index in [1.807, 2.05) is 44.2 Å². The van der Waals surface area contributed by atoms with Crippen LogP contribution in [0.15, 0.2) is 48.5 Å². The summed E-state index contributed by atoms with van der Waals surface area (Å²) in [6, 6.07) is 15.0. The second-order valence-electron chi connectivity index (χ2n) is 6.94. The highest BCUT2D eigenvalue weighted by atomic mass is 35.5. The first-order valence-electron chi connectivity index (χ1n) is 8.86. The molecule has 0 heterocycles. The standard InChI is InChI=1S/C21H25Cl2NO3/c1-21(2,15-26-14-16-7-4-3-5-8-16)24-20(25)9-6-12-27-19-11-10-17(22)13-18(19)23/h3-5,7-8,10-11,13H,6,9,12,14-15H2,1-2H3,(H,24,25). The molecule has 2 aromatic rings. The Hall–Kier alpha value is -1.75. The van der Waals surface area contributed by atoms with Gasteiger partial charge in [0.2, 0.25) is 5.91 Å². The minimum Gasteiger partial charge on any atom is -0.492 e. The SMILES string of the molecule is CC(C)(COCc1ccccc1)NC(=O)CCCOc1ccc(Cl)cc1Cl. The third kappa shape index (κ3) is 8.21. The van der Waals surface area contributed by atoms with E-state index in [9.17, 15) is 4.79 Å². The van der Waals surface area contributed by atoms with E-state index < -0.39 is 5.54 Å². The molecule has 0 unspecified atom stereocenters. The predicted octanol–water partition coefficient (Wildman–Crippen LogP) is 5.26. The summed E-state index contributed by atoms with van der Waals surface area (Å²) in [5, 5.41) is 4.02. The van der Waals surface area contributed by atoms with E-state index >= 15 is 0 Å². The average molecular weight is 410 g/mol. The highest BCUT2D eigenvalue weighted by molar-refractivity contribution is 6.35. The Balaban J connectivity index is 1.64. The molecule has 0 radical (unpaired) electrons. The fourth-order valence-electron chi connectivity index (χ4n) is 2.48. The Morgan fingerprint density at radius 1 is 1.11 bits per heavy atom. The normalized spacial score (nSPS) is 11.3. The lowest BCUT2D eigenvalue weighted by atomic mass is 10.1. The molecule has 0 fully saturated rings. The van der Waals surface area contributed by atoms with E-state index in [1.165, 1.54) is 0 Å². The third-order valence-corrected chi connectivity index (χ3v) is 4.28. The van der Waals surface area contributed by atoms with Crippen molar-refractivity contribution in [2.75, 3.05) is 13.2 Å². The van der Waals surface area contributed by atoms with E-state index in [0.717, 1.165) is 5.56 Å². The van der Waals surface area contributed by atoms with Crippen LogP contribution in [0, 0.1) is 0 Å². The molecule has 0 saturated carbocycles. The molecule has 6 heteroatoms. The van der Waals surface area contributed by atoms with Gasteiger partial charge in [-0.3, -0.25) is 4.79 Å². The topological polar surface area (TPSA) is 47.6 Å². The van der Waals surface area contributed by atoms with Crippen molar-refractivity contribution in [2.24, 2.45) is 0 Å². The number of nitrogens with one attached hydrogen (secondary N) is 1. The van der Waals surface area contributed by atoms with Gasteiger partial charge in [0.25, 0.3) is 0 Å². The van der Waals surface area contributed by atoms with Crippen molar-refractivity contribution in [3.63, 3.8) is 0 Å². The zero-order valence-corrected chi connectivity index (χ0v) is 17.1. The molecule has 0 aromatic heterocycles. The number of hydrogen-bond donors (Lipinski definition) is 1. The van der Waals surface area contributed by atoms with Gasteiger partial charge in [-0.25, -0.2) is 0 Å². The summed E-state index contributed by atoms with van der Waals surface area (Å²) >= 11 is 11.9. The molecule has 2 aromatic carbocycles. The highest BCUT2D eigenvalue weighted by Crippen LogP contribution is 2.27. The van der Waals surface area contributed by atoms with E-state index in [0.29, 0.717) is 48.5 Å². The van der Waals surface area contributed by atoms with Crippen LogP contribution in [0.3, 0.4) is 0 Å². The quantitative estimate of drug-likeness (QED) is 0.544. The predicted molar refractivity (Wildman–Crippen MR) is 110 cm³/mol. The lowest BCUT2D eigenvalue weighted by Crippen LogP contribution is -2.47. The van der Waals surface area contributed by atoms with Crippen molar-refractivity contribution in [1.82, 2.24) is 5.32 Å². The zero-order valence-electron chi connectivity index (χ0n) is 15.6. The molecule has 1 amide bonds. The first-order chi connectivity index (χ1) is 12.9. The molecule has 2 rings (SSSR count). The molecular weight excluding hydrogens is 385 g/mol. The summed E-state index contributed by atoms with van der Waals surface area (Å²) in [4.78, 5) is 12.1. The second kappa shape index (κ2) is 10.5. The first-order valence-corrected chi connectivity index (χ1v) is 9.62. The van der Waals surface area contributed by atoms with Gasteiger partial charge in [0, 0.05) is 11.4 Å². The zero-order chi connectivity index (χ0) is 19.7. The summed E-state index contributed by atoms with van der Waals surface area (Å²) in [5.41, 5.74) is 0.671. The van der Waals surface area contributed by atoms with Crippen LogP contribution in [0.1, 0.15) is 32.3 Å². The fourth-order valence-corrected chi connectivity index (χ4v) is 2.94. The number of ether oxygens (including phenoxy) is 2. The highest BCUT2D eigenvalue weighted by Gasteiger charge is 2.20. The van der Waals surface area contributed by atoms with Crippen LogP contribution in [0.5, 0.6) is 5.75 Å². The van der Waals surface area contributed by atoms with Crippen LogP contribution < -0.4 is 10.1 Å². The lowest BCUT2D eigenvalue weighted by molar-refractivity contribution is -0.123. The Kier molecular flexibility index (Phi) is 8.42. The Bertz CT molecular complexity index is 735. The van der Waals surface area contributed by atoms with E-state index in [-0.39, 0.29) is 5.91 Å². The number of benzene rings is 2. The number of halogens is 2. The molecule has 1 N–H and O–H groups in total. The Labute approximate surface area is 170 Å². The van der Waals surface area contributed by atoms with Crippen molar-refractivity contribution < 1.29 is 14.3 Å². The van der Waals surface area contributed by atoms with Crippen LogP contribution in [-0.4, -0.2) is 24.7 Å². The maximum absolute atomic E-state index is 12.1. The van der Waals surface area contributed by atoms with Crippen LogP contribution in [-0.2, 0) is 16.1 Å². The molecule has 27 heavy (non-hydrogen) atoms. The maximum atomic E-state index is 12.1. The molecule has 4 nitrogen and oxygen atoms in total. The molecular formula is C21H25Cl2NO3. The van der Waals surface area contributed by atoms with Gasteiger partial charge in [0.15, 0.2) is 0 Å². The van der Waals surface area contributed by atoms with Gasteiger partial charge in [-0.15, -0.1) is 0 Å². The molecule has 0 aliphatic carbocycles. The summed E-state index contributed by atoms with van der Waals surface area (Å²) in [6.07, 6.45) is 0.957. The summed E-state index contributed by atoms with van der Waals surface area (Å²) in [7, 11) is 0. The van der Waals surface area contributed by atoms with Crippen LogP contribution in [0.25, 0.3) is 0 Å². The number of hydrogen-bond acceptors (Lipinski definition) is 3. The third-order valence-electron chi connectivity index (χ3n) is 3.75. The fraction of sp³-hybridized carbons (Fsp3) is 0.381. The number of carbonyl (C=O) groups is 1. The number of rotatable bonds is 10. The second-order valence-corrected chi connectivity index (χ2v) is 7.78. The largest absolute Gasteiger partial charge is 0.492 e. The minimum absolute atomic E-state index is 0.0332. The minimum atomic E-state index is -0.438. The van der Waals surface area contributed by atoms with Crippen LogP contribution in [0.4, 0.5) is 0 Å². The number of amides is 1. The summed E-state index contributed by atoms with van der Waals surface area (Å²) in [6.45, 7) is 5.25. The van der Waals surface area contributed by atoms with Gasteiger partial charge in [-0.2, -0.15) is 0 Å². The van der Waals surface area contributed by atoms with Crippen molar-refractivity contribution in [2.45, 2.75) is 38.8 Å². The van der Waals surface area contributed by atoms with Gasteiger partial charge < -0.3 is 14.8 Å². The maximum Gasteiger partial charge on any atom is 0.220 e. The summed E-state index contributed by atoms with van der Waals surface area (Å²) in [5.74, 6) is 0.533. The van der Waals surface area contributed by atoms with E-state index in [2.05, 4.69) is 5.32 Å². The Morgan fingerprint density at radius 3 is 2.56 bits per heavy atom. The molecule has 0 bridgehead atoms. The van der Waals surface area contributed by atoms with Crippen molar-refractivity contribution in [3.05, 3.63) is 64.1 Å². The molecule has 0 spiro atoms. The first kappa shape index (κ1) is 21.5. The van der Waals surface area contributed by atoms with Crippen molar-refractivity contribution in [3.8, 4) is 5.75 Å². The van der Waals surface area contributed by atoms with Crippen molar-refractivity contribution in [1.29, 1.82) is 0 Å². The molecule has 0 aliphatic rings. The van der Waals surface area contributed by atoms with E-state index in [1.54, 1.807) is 18.2 Å². The molecule has 146 valence electrons. The lowest BCUT2D eigenvalue weighted by Gasteiger charge is -2.26. The van der Waals surface area contributed by atoms with Gasteiger partial charge in [-0.1, -0.05) is 53.5 Å². The Morgan fingerprint density at radius 2 is 1.85 bits per heavy atom. The summed E-state index contributed by atoms with van der Waals surface area (Å²) < 4.78 is 11.3. The average Bonchev–Trinajstić information content (AvgIpc) is 2.60. The molecule has 0 saturated heterocycles. The van der Waals surface area contributed by atoms with Gasteiger partial charge >= 0.3 is 0 Å². The number of carbonyl (C=O) groups excluding carboxylic acids is 1. The monoisotopic (exact) mass is 409 g/mol. The van der Waals surface area contributed by atoms with Gasteiger partial charge in [0.1, 0.15) is 5.75 Å². The van der Waals surface area contributed by atoms with E-state index in [4.69, 9.17) is 32.7 Å². The molecule has 0 aliphatic heterocycles. The molecule has 0 atom stereocenters. The van der Waals surface area contributed by atoms with Gasteiger partial charge in [0.05, 0.1) is 30.4 Å². The van der Waals surface area contributed by atoms with Gasteiger partial charge in [-0.05, 0) is 44.0 Å². The van der Waals surface area contributed by atoms with Crippen LogP contribution >= 0.6 is 23.2 Å². The van der Waals surface area contributed by atoms with Crippen molar-refractivity contribution >= 4 is 29.1 Å². The van der Waals surface area contributed by atoms with Crippen LogP contribution in [0.2, 0.25) is 10.0 Å².